The lowest BCUT2D eigenvalue weighted by atomic mass is 10.8. The van der Waals surface area contributed by atoms with Gasteiger partial charge in [0, 0.05) is 13.0 Å². The van der Waals surface area contributed by atoms with Crippen LogP contribution in [0.3, 0.4) is 0 Å². The topological polar surface area (TPSA) is 17.1 Å². The van der Waals surface area contributed by atoms with Crippen LogP contribution in [0.5, 0.6) is 0 Å². The van der Waals surface area contributed by atoms with Crippen LogP contribution in [0.2, 0.25) is 0 Å². The van der Waals surface area contributed by atoms with E-state index < -0.39 is 0 Å². The Morgan fingerprint density at radius 1 is 2.00 bits per heavy atom. The van der Waals surface area contributed by atoms with Crippen molar-refractivity contribution in [2.75, 3.05) is 0 Å². The summed E-state index contributed by atoms with van der Waals surface area (Å²) in [6.45, 7) is 4.48. The monoisotopic (exact) mass is 54.0 g/mol. The van der Waals surface area contributed by atoms with Gasteiger partial charge in [-0.25, -0.2) is 4.79 Å². The quantitative estimate of drug-likeness (QED) is 0.358. The van der Waals surface area contributed by atoms with E-state index in [0.717, 1.165) is 6.08 Å². The van der Waals surface area contributed by atoms with Gasteiger partial charge in [0.2, 0.25) is 0 Å². The van der Waals surface area contributed by atoms with Gasteiger partial charge in [-0.15, -0.1) is 0 Å². The molecule has 0 saturated carbocycles. The van der Waals surface area contributed by atoms with E-state index in [0.29, 0.717) is 0 Å². The van der Waals surface area contributed by atoms with E-state index in [1.54, 1.807) is 0 Å². The molecule has 1 nitrogen and oxygen atoms in total. The molecule has 0 rings (SSSR count). The molecule has 0 spiro atoms. The first-order chi connectivity index (χ1) is 1.91. The molecule has 0 aliphatic rings. The summed E-state index contributed by atoms with van der Waals surface area (Å²) in [5, 5.41) is 0. The van der Waals surface area contributed by atoms with E-state index >= 15 is 0 Å². The van der Waals surface area contributed by atoms with Gasteiger partial charge in [-0.2, -0.15) is 0 Å². The van der Waals surface area contributed by atoms with Gasteiger partial charge in [0.25, 0.3) is 0 Å². The van der Waals surface area contributed by atoms with Crippen LogP contribution < -0.4 is 0 Å². The third-order valence-corrected chi connectivity index (χ3v) is 0.0680. The summed E-state index contributed by atoms with van der Waals surface area (Å²) in [6.07, 6.45) is 0.819. The number of carbonyl (C=O) groups excluding carboxylic acids is 1. The number of rotatable bonds is 0. The molecule has 0 aliphatic carbocycles. The number of hydrogen-bond acceptors (Lipinski definition) is 1. The molecule has 0 aromatic rings. The lowest BCUT2D eigenvalue weighted by Gasteiger charge is -1.29. The molecule has 0 unspecified atom stereocenters. The molecule has 0 N–H and O–H groups in total. The fourth-order valence-electron chi connectivity index (χ4n) is 0. The molecular formula is C3H2O. The van der Waals surface area contributed by atoms with Crippen LogP contribution in [0.25, 0.3) is 0 Å². The van der Waals surface area contributed by atoms with Crippen molar-refractivity contribution in [3.63, 3.8) is 0 Å². The third kappa shape index (κ3) is 1.45. The predicted molar refractivity (Wildman–Crippen MR) is 14.6 cm³/mol. The lowest BCUT2D eigenvalue weighted by molar-refractivity contribution is 0.569. The summed E-state index contributed by atoms with van der Waals surface area (Å²) in [4.78, 5) is 8.87. The standard InChI is InChI=1S/C3H2O/c1-2-3-4/h1-2H. The molecule has 0 heterocycles. The molecule has 20 valence electrons. The van der Waals surface area contributed by atoms with Crippen LogP contribution in [0.4, 0.5) is 0 Å². The maximum atomic E-state index is 8.87. The van der Waals surface area contributed by atoms with Gasteiger partial charge in [0.05, 0.1) is 0 Å². The van der Waals surface area contributed by atoms with E-state index in [4.69, 9.17) is 4.79 Å². The van der Waals surface area contributed by atoms with Crippen molar-refractivity contribution >= 4 is 5.94 Å². The van der Waals surface area contributed by atoms with Crippen molar-refractivity contribution in [3.05, 3.63) is 13.0 Å². The highest BCUT2D eigenvalue weighted by Gasteiger charge is 1.33. The highest BCUT2D eigenvalue weighted by atomic mass is 16.1. The molecular weight excluding hydrogens is 52.0 g/mol. The second-order valence-electron chi connectivity index (χ2n) is 0.285. The molecule has 0 aromatic carbocycles. The van der Waals surface area contributed by atoms with Gasteiger partial charge < -0.3 is 0 Å². The minimum absolute atomic E-state index is 0.819. The zero-order valence-electron chi connectivity index (χ0n) is 2.06. The van der Waals surface area contributed by atoms with Crippen molar-refractivity contribution in [1.82, 2.24) is 0 Å². The van der Waals surface area contributed by atoms with Gasteiger partial charge >= 0.3 is 0 Å². The Balaban J connectivity index is 3.11. The highest BCUT2D eigenvalue weighted by molar-refractivity contribution is 5.45. The molecule has 0 aromatic heterocycles. The van der Waals surface area contributed by atoms with Crippen LogP contribution >= 0.6 is 0 Å². The Morgan fingerprint density at radius 3 is 2.25 bits per heavy atom. The molecule has 0 saturated heterocycles. The Labute approximate surface area is 24.9 Å². The smallest absolute Gasteiger partial charge is 0.120 e. The second-order valence-corrected chi connectivity index (χ2v) is 0.285. The first-order valence-electron chi connectivity index (χ1n) is 0.826. The van der Waals surface area contributed by atoms with E-state index in [-0.39, 0.29) is 0 Å². The summed E-state index contributed by atoms with van der Waals surface area (Å²) < 4.78 is 0. The molecule has 0 atom stereocenters. The Bertz CT molecular complexity index is 41.2. The Hall–Kier alpha value is -0.550. The zero-order valence-corrected chi connectivity index (χ0v) is 2.06. The van der Waals surface area contributed by atoms with Gasteiger partial charge in [-0.05, 0) is 0 Å². The summed E-state index contributed by atoms with van der Waals surface area (Å²) >= 11 is 0. The average molecular weight is 54.0 g/mol. The molecule has 1 heteroatoms. The van der Waals surface area contributed by atoms with Gasteiger partial charge in [-0.3, -0.25) is 0 Å². The van der Waals surface area contributed by atoms with Crippen LogP contribution in [-0.2, 0) is 4.79 Å². The number of allylic oxidation sites excluding steroid dienone is 1. The SMILES string of the molecule is [CH]C=C=O. The molecule has 2 radical (unpaired) electrons. The van der Waals surface area contributed by atoms with Gasteiger partial charge in [0.1, 0.15) is 5.94 Å². The number of hydrogen-bond donors (Lipinski definition) is 0. The van der Waals surface area contributed by atoms with Gasteiger partial charge in [-0.1, -0.05) is 0 Å². The summed E-state index contributed by atoms with van der Waals surface area (Å²) in [5.41, 5.74) is 0. The lowest BCUT2D eigenvalue weighted by Crippen LogP contribution is -1.33. The average Bonchev–Trinajstić information content (AvgIpc) is 1.37. The summed E-state index contributed by atoms with van der Waals surface area (Å²) in [6, 6.07) is 0. The van der Waals surface area contributed by atoms with Crippen molar-refractivity contribution in [3.8, 4) is 0 Å². The molecule has 0 amide bonds. The molecule has 0 bridgehead atoms. The van der Waals surface area contributed by atoms with Crippen LogP contribution in [0, 0.1) is 6.92 Å². The minimum Gasteiger partial charge on any atom is -0.234 e. The highest BCUT2D eigenvalue weighted by Crippen LogP contribution is 1.34. The van der Waals surface area contributed by atoms with E-state index in [1.165, 1.54) is 5.94 Å². The van der Waals surface area contributed by atoms with Crippen LogP contribution in [-0.4, -0.2) is 5.94 Å². The molecule has 4 heavy (non-hydrogen) atoms. The molecule has 0 aliphatic heterocycles. The Morgan fingerprint density at radius 2 is 2.25 bits per heavy atom. The normalized spacial score (nSPS) is 4.25. The minimum atomic E-state index is 0.819. The van der Waals surface area contributed by atoms with Gasteiger partial charge in [0.15, 0.2) is 0 Å². The fourth-order valence-corrected chi connectivity index (χ4v) is 0. The van der Waals surface area contributed by atoms with Crippen LogP contribution in [0.15, 0.2) is 6.08 Å². The summed E-state index contributed by atoms with van der Waals surface area (Å²) in [7, 11) is 0. The maximum absolute atomic E-state index is 8.87. The fraction of sp³-hybridized carbons (Fsp3) is 0. The van der Waals surface area contributed by atoms with Crippen molar-refractivity contribution in [2.24, 2.45) is 0 Å². The summed E-state index contributed by atoms with van der Waals surface area (Å²) in [5.74, 6) is 1.33. The van der Waals surface area contributed by atoms with E-state index in [2.05, 4.69) is 6.92 Å². The largest absolute Gasteiger partial charge is 0.234 e. The third-order valence-electron chi connectivity index (χ3n) is 0.0680. The van der Waals surface area contributed by atoms with Crippen molar-refractivity contribution in [2.45, 2.75) is 0 Å². The second kappa shape index (κ2) is 2.45. The first-order valence-corrected chi connectivity index (χ1v) is 0.826. The van der Waals surface area contributed by atoms with Crippen LogP contribution in [0.1, 0.15) is 0 Å². The zero-order chi connectivity index (χ0) is 3.41. The van der Waals surface area contributed by atoms with E-state index in [9.17, 15) is 0 Å². The predicted octanol–water partition coefficient (Wildman–Crippen LogP) is 0.0853. The van der Waals surface area contributed by atoms with Crippen molar-refractivity contribution in [1.29, 1.82) is 0 Å². The Kier molecular flexibility index (Phi) is 2.11. The van der Waals surface area contributed by atoms with Crippen molar-refractivity contribution < 1.29 is 4.79 Å². The van der Waals surface area contributed by atoms with E-state index in [1.807, 2.05) is 0 Å². The first kappa shape index (κ1) is 3.45. The maximum Gasteiger partial charge on any atom is 0.120 e. The molecule has 0 fully saturated rings.